The van der Waals surface area contributed by atoms with Gasteiger partial charge in [0, 0.05) is 33.0 Å². The molecule has 222 valence electrons. The molecule has 2 rings (SSSR count). The Morgan fingerprint density at radius 1 is 1.00 bits per heavy atom. The Labute approximate surface area is 238 Å². The van der Waals surface area contributed by atoms with Crippen molar-refractivity contribution in [2.75, 3.05) is 26.7 Å². The van der Waals surface area contributed by atoms with Crippen molar-refractivity contribution < 1.29 is 24.0 Å². The number of rotatable bonds is 7. The van der Waals surface area contributed by atoms with E-state index in [2.05, 4.69) is 29.8 Å². The number of amides is 5. The molecule has 0 aromatic heterocycles. The van der Waals surface area contributed by atoms with Crippen LogP contribution >= 0.6 is 0 Å². The number of nitrogens with one attached hydrogen (secondary N) is 3. The van der Waals surface area contributed by atoms with Gasteiger partial charge >= 0.3 is 0 Å². The third-order valence-electron chi connectivity index (χ3n) is 7.14. The van der Waals surface area contributed by atoms with Gasteiger partial charge in [-0.25, -0.2) is 0 Å². The second-order valence-electron chi connectivity index (χ2n) is 11.4. The predicted octanol–water partition coefficient (Wildman–Crippen LogP) is 1.88. The second kappa shape index (κ2) is 16.0. The number of nitrogens with zero attached hydrogens (tertiary/aromatic N) is 2. The molecule has 3 atom stereocenters. The van der Waals surface area contributed by atoms with Gasteiger partial charge in [-0.05, 0) is 37.2 Å². The van der Waals surface area contributed by atoms with Gasteiger partial charge in [-0.2, -0.15) is 0 Å². The third kappa shape index (κ3) is 10.3. The summed E-state index contributed by atoms with van der Waals surface area (Å²) in [6, 6.07) is 6.87. The van der Waals surface area contributed by atoms with Crippen LogP contribution in [0.15, 0.2) is 30.3 Å². The highest BCUT2D eigenvalue weighted by Gasteiger charge is 2.33. The van der Waals surface area contributed by atoms with E-state index in [-0.39, 0.29) is 43.8 Å². The number of carbonyl (C=O) groups is 5. The first-order chi connectivity index (χ1) is 18.9. The molecule has 1 fully saturated rings. The summed E-state index contributed by atoms with van der Waals surface area (Å²) in [5.41, 5.74) is 0.886. The standard InChI is InChI=1S/C30H47N5O5/c1-20(2)12-10-15-26(37)35-17-11-16-31-29(39)24(18-23-13-8-7-9-14-23)32-25(36)19-34(6)30(40)27(21(3)4)33-28(38)22(35)5/h7-9,13-14,20-22,24,27H,10-12,15-19H2,1-6H3,(H,31,39)(H,32,36)(H,33,38)/t22-,24+,27+/m1/s1. The maximum absolute atomic E-state index is 13.3. The fourth-order valence-corrected chi connectivity index (χ4v) is 4.68. The molecule has 10 nitrogen and oxygen atoms in total. The first-order valence-electron chi connectivity index (χ1n) is 14.4. The van der Waals surface area contributed by atoms with Crippen molar-refractivity contribution in [2.45, 2.75) is 84.8 Å². The quantitative estimate of drug-likeness (QED) is 0.472. The molecule has 0 aliphatic carbocycles. The first kappa shape index (κ1) is 32.8. The fraction of sp³-hybridized carbons (Fsp3) is 0.633. The molecule has 0 bridgehead atoms. The van der Waals surface area contributed by atoms with Gasteiger partial charge in [0.25, 0.3) is 0 Å². The Morgan fingerprint density at radius 2 is 1.68 bits per heavy atom. The average Bonchev–Trinajstić information content (AvgIpc) is 2.89. The van der Waals surface area contributed by atoms with Crippen LogP contribution in [-0.4, -0.2) is 84.1 Å². The normalized spacial score (nSPS) is 22.2. The van der Waals surface area contributed by atoms with Crippen molar-refractivity contribution in [3.63, 3.8) is 0 Å². The summed E-state index contributed by atoms with van der Waals surface area (Å²) < 4.78 is 0. The molecule has 0 radical (unpaired) electrons. The van der Waals surface area contributed by atoms with Gasteiger partial charge in [0.2, 0.25) is 29.5 Å². The zero-order chi connectivity index (χ0) is 29.8. The summed E-state index contributed by atoms with van der Waals surface area (Å²) in [4.78, 5) is 68.6. The molecule has 1 aliphatic rings. The maximum atomic E-state index is 13.3. The number of hydrogen-bond donors (Lipinski definition) is 3. The van der Waals surface area contributed by atoms with Crippen molar-refractivity contribution in [3.05, 3.63) is 35.9 Å². The number of benzene rings is 1. The molecule has 5 amide bonds. The van der Waals surface area contributed by atoms with Crippen molar-refractivity contribution in [1.29, 1.82) is 0 Å². The van der Waals surface area contributed by atoms with Gasteiger partial charge in [-0.15, -0.1) is 0 Å². The lowest BCUT2D eigenvalue weighted by Crippen LogP contribution is -2.57. The monoisotopic (exact) mass is 557 g/mol. The molecule has 1 aromatic carbocycles. The lowest BCUT2D eigenvalue weighted by atomic mass is 10.0. The second-order valence-corrected chi connectivity index (χ2v) is 11.4. The third-order valence-corrected chi connectivity index (χ3v) is 7.14. The zero-order valence-electron chi connectivity index (χ0n) is 24.9. The molecule has 10 heteroatoms. The van der Waals surface area contributed by atoms with Gasteiger partial charge in [0.05, 0.1) is 6.54 Å². The van der Waals surface area contributed by atoms with Crippen LogP contribution in [0.2, 0.25) is 0 Å². The molecule has 1 aliphatic heterocycles. The van der Waals surface area contributed by atoms with E-state index in [1.807, 2.05) is 44.2 Å². The highest BCUT2D eigenvalue weighted by atomic mass is 16.2. The van der Waals surface area contributed by atoms with Crippen molar-refractivity contribution in [3.8, 4) is 0 Å². The van der Waals surface area contributed by atoms with Crippen LogP contribution < -0.4 is 16.0 Å². The minimum absolute atomic E-state index is 0.130. The van der Waals surface area contributed by atoms with Crippen LogP contribution in [0.1, 0.15) is 65.9 Å². The SMILES string of the molecule is CC(C)CCCC(=O)N1CCCNC(=O)[C@H](Cc2ccccc2)NC(=O)CN(C)C(=O)[C@H](C(C)C)NC(=O)[C@H]1C. The number of hydrogen-bond acceptors (Lipinski definition) is 5. The van der Waals surface area contributed by atoms with E-state index in [4.69, 9.17) is 0 Å². The van der Waals surface area contributed by atoms with Crippen LogP contribution in [-0.2, 0) is 30.4 Å². The molecule has 1 heterocycles. The smallest absolute Gasteiger partial charge is 0.245 e. The summed E-state index contributed by atoms with van der Waals surface area (Å²) in [5.74, 6) is -1.58. The lowest BCUT2D eigenvalue weighted by Gasteiger charge is -2.32. The van der Waals surface area contributed by atoms with E-state index in [0.717, 1.165) is 18.4 Å². The van der Waals surface area contributed by atoms with Crippen LogP contribution in [0.25, 0.3) is 0 Å². The lowest BCUT2D eigenvalue weighted by molar-refractivity contribution is -0.143. The van der Waals surface area contributed by atoms with Crippen LogP contribution in [0.4, 0.5) is 0 Å². The molecular formula is C30H47N5O5. The van der Waals surface area contributed by atoms with E-state index in [1.54, 1.807) is 11.8 Å². The Kier molecular flexibility index (Phi) is 13.1. The minimum Gasteiger partial charge on any atom is -0.354 e. The largest absolute Gasteiger partial charge is 0.354 e. The molecule has 0 spiro atoms. The van der Waals surface area contributed by atoms with Crippen LogP contribution in [0.3, 0.4) is 0 Å². The van der Waals surface area contributed by atoms with Crippen LogP contribution in [0, 0.1) is 11.8 Å². The molecule has 1 saturated heterocycles. The molecular weight excluding hydrogens is 510 g/mol. The molecule has 3 N–H and O–H groups in total. The van der Waals surface area contributed by atoms with Crippen molar-refractivity contribution in [2.24, 2.45) is 11.8 Å². The van der Waals surface area contributed by atoms with E-state index < -0.39 is 35.8 Å². The van der Waals surface area contributed by atoms with Crippen molar-refractivity contribution >= 4 is 29.5 Å². The molecule has 40 heavy (non-hydrogen) atoms. The summed E-state index contributed by atoms with van der Waals surface area (Å²) in [6.45, 7) is 9.76. The minimum atomic E-state index is -0.873. The first-order valence-corrected chi connectivity index (χ1v) is 14.4. The summed E-state index contributed by atoms with van der Waals surface area (Å²) in [6.07, 6.45) is 2.67. The number of carbonyl (C=O) groups excluding carboxylic acids is 5. The Morgan fingerprint density at radius 3 is 2.30 bits per heavy atom. The van der Waals surface area contributed by atoms with Gasteiger partial charge < -0.3 is 25.8 Å². The average molecular weight is 558 g/mol. The van der Waals surface area contributed by atoms with Gasteiger partial charge in [-0.3, -0.25) is 24.0 Å². The van der Waals surface area contributed by atoms with Crippen LogP contribution in [0.5, 0.6) is 0 Å². The van der Waals surface area contributed by atoms with Crippen molar-refractivity contribution in [1.82, 2.24) is 25.8 Å². The predicted molar refractivity (Wildman–Crippen MR) is 154 cm³/mol. The Balaban J connectivity index is 2.31. The Hall–Kier alpha value is -3.43. The molecule has 1 aromatic rings. The van der Waals surface area contributed by atoms with Gasteiger partial charge in [0.1, 0.15) is 18.1 Å². The summed E-state index contributed by atoms with van der Waals surface area (Å²) >= 11 is 0. The Bertz CT molecular complexity index is 1010. The van der Waals surface area contributed by atoms with Gasteiger partial charge in [0.15, 0.2) is 0 Å². The molecule has 0 unspecified atom stereocenters. The van der Waals surface area contributed by atoms with E-state index in [1.165, 1.54) is 11.9 Å². The van der Waals surface area contributed by atoms with E-state index >= 15 is 0 Å². The summed E-state index contributed by atoms with van der Waals surface area (Å²) in [7, 11) is 1.49. The fourth-order valence-electron chi connectivity index (χ4n) is 4.68. The highest BCUT2D eigenvalue weighted by Crippen LogP contribution is 2.13. The van der Waals surface area contributed by atoms with E-state index in [9.17, 15) is 24.0 Å². The zero-order valence-corrected chi connectivity index (χ0v) is 24.9. The summed E-state index contributed by atoms with van der Waals surface area (Å²) in [5, 5.41) is 8.46. The highest BCUT2D eigenvalue weighted by molar-refractivity contribution is 5.94. The number of likely N-dealkylation sites (N-methyl/N-ethyl adjacent to an activating group) is 1. The van der Waals surface area contributed by atoms with Gasteiger partial charge in [-0.1, -0.05) is 64.4 Å². The topological polar surface area (TPSA) is 128 Å². The molecule has 0 saturated carbocycles. The maximum Gasteiger partial charge on any atom is 0.245 e. The van der Waals surface area contributed by atoms with E-state index in [0.29, 0.717) is 18.8 Å².